The maximum absolute atomic E-state index is 11.5. The van der Waals surface area contributed by atoms with Crippen LogP contribution in [0.1, 0.15) is 50.2 Å². The highest BCUT2D eigenvalue weighted by molar-refractivity contribution is 5.81. The predicted octanol–water partition coefficient (Wildman–Crippen LogP) is 0.868. The van der Waals surface area contributed by atoms with Gasteiger partial charge in [-0.15, -0.1) is 0 Å². The molecule has 0 saturated heterocycles. The molecule has 0 radical (unpaired) electrons. The molecule has 1 saturated carbocycles. The van der Waals surface area contributed by atoms with Crippen molar-refractivity contribution >= 4 is 5.91 Å². The van der Waals surface area contributed by atoms with Gasteiger partial charge >= 0.3 is 0 Å². The van der Waals surface area contributed by atoms with Crippen molar-refractivity contribution in [1.82, 2.24) is 15.5 Å². The summed E-state index contributed by atoms with van der Waals surface area (Å²) in [5.74, 6) is 1.66. The second-order valence-corrected chi connectivity index (χ2v) is 5.03. The van der Waals surface area contributed by atoms with Crippen molar-refractivity contribution in [1.29, 1.82) is 0 Å². The summed E-state index contributed by atoms with van der Waals surface area (Å²) >= 11 is 0. The normalized spacial score (nSPS) is 25.7. The van der Waals surface area contributed by atoms with Gasteiger partial charge in [0, 0.05) is 12.0 Å². The molecule has 1 unspecified atom stereocenters. The zero-order chi connectivity index (χ0) is 13.1. The van der Waals surface area contributed by atoms with Crippen molar-refractivity contribution in [3.63, 3.8) is 0 Å². The summed E-state index contributed by atoms with van der Waals surface area (Å²) in [5.41, 5.74) is 5.53. The molecule has 1 heterocycles. The lowest BCUT2D eigenvalue weighted by atomic mass is 9.86. The van der Waals surface area contributed by atoms with E-state index in [0.29, 0.717) is 11.7 Å². The Bertz CT molecular complexity index is 408. The average molecular weight is 252 g/mol. The summed E-state index contributed by atoms with van der Waals surface area (Å²) in [6.07, 6.45) is 3.80. The fraction of sp³-hybridized carbons (Fsp3) is 0.750. The highest BCUT2D eigenvalue weighted by Gasteiger charge is 2.27. The molecule has 6 heteroatoms. The van der Waals surface area contributed by atoms with Crippen molar-refractivity contribution in [2.75, 3.05) is 0 Å². The number of aromatic nitrogens is 2. The lowest BCUT2D eigenvalue weighted by molar-refractivity contribution is -0.122. The molecule has 1 atom stereocenters. The molecule has 0 aliphatic heterocycles. The molecular weight excluding hydrogens is 232 g/mol. The molecule has 1 fully saturated rings. The van der Waals surface area contributed by atoms with Crippen LogP contribution in [-0.4, -0.2) is 28.1 Å². The van der Waals surface area contributed by atoms with E-state index in [9.17, 15) is 4.79 Å². The van der Waals surface area contributed by atoms with Crippen LogP contribution < -0.4 is 11.1 Å². The fourth-order valence-corrected chi connectivity index (χ4v) is 2.30. The molecule has 0 aromatic carbocycles. The van der Waals surface area contributed by atoms with Gasteiger partial charge in [-0.3, -0.25) is 4.79 Å². The first-order chi connectivity index (χ1) is 8.56. The van der Waals surface area contributed by atoms with Gasteiger partial charge in [0.25, 0.3) is 0 Å². The van der Waals surface area contributed by atoms with Crippen LogP contribution in [0.15, 0.2) is 4.52 Å². The van der Waals surface area contributed by atoms with Gasteiger partial charge in [0.15, 0.2) is 5.82 Å². The number of nitrogens with one attached hydrogen (secondary N) is 1. The molecule has 1 aliphatic carbocycles. The van der Waals surface area contributed by atoms with Gasteiger partial charge in [-0.2, -0.15) is 4.98 Å². The summed E-state index contributed by atoms with van der Waals surface area (Å²) in [4.78, 5) is 15.8. The third kappa shape index (κ3) is 3.07. The lowest BCUT2D eigenvalue weighted by Crippen LogP contribution is -2.45. The SMILES string of the molecule is Cc1noc(C2CCC(NC(=O)C(C)N)CC2)n1. The number of hydrogen-bond acceptors (Lipinski definition) is 5. The second kappa shape index (κ2) is 5.48. The predicted molar refractivity (Wildman–Crippen MR) is 65.8 cm³/mol. The lowest BCUT2D eigenvalue weighted by Gasteiger charge is -2.27. The van der Waals surface area contributed by atoms with Gasteiger partial charge < -0.3 is 15.6 Å². The molecule has 1 aromatic rings. The van der Waals surface area contributed by atoms with E-state index in [0.717, 1.165) is 31.6 Å². The van der Waals surface area contributed by atoms with Crippen LogP contribution >= 0.6 is 0 Å². The zero-order valence-electron chi connectivity index (χ0n) is 10.8. The highest BCUT2D eigenvalue weighted by atomic mass is 16.5. The summed E-state index contributed by atoms with van der Waals surface area (Å²) < 4.78 is 5.19. The maximum Gasteiger partial charge on any atom is 0.236 e. The average Bonchev–Trinajstić information content (AvgIpc) is 2.76. The molecule has 1 aliphatic rings. The van der Waals surface area contributed by atoms with Crippen molar-refractivity contribution < 1.29 is 9.32 Å². The maximum atomic E-state index is 11.5. The molecule has 100 valence electrons. The topological polar surface area (TPSA) is 94.0 Å². The molecule has 1 amide bonds. The Morgan fingerprint density at radius 2 is 2.11 bits per heavy atom. The third-order valence-corrected chi connectivity index (χ3v) is 3.38. The third-order valence-electron chi connectivity index (χ3n) is 3.38. The first kappa shape index (κ1) is 13.0. The number of amides is 1. The Morgan fingerprint density at radius 3 is 2.61 bits per heavy atom. The van der Waals surface area contributed by atoms with Crippen molar-refractivity contribution in [3.8, 4) is 0 Å². The van der Waals surface area contributed by atoms with Gasteiger partial charge in [-0.1, -0.05) is 5.16 Å². The minimum absolute atomic E-state index is 0.0768. The van der Waals surface area contributed by atoms with Crippen LogP contribution in [0.4, 0.5) is 0 Å². The highest BCUT2D eigenvalue weighted by Crippen LogP contribution is 2.31. The minimum Gasteiger partial charge on any atom is -0.352 e. The number of carbonyl (C=O) groups is 1. The summed E-state index contributed by atoms with van der Waals surface area (Å²) in [5, 5.41) is 6.77. The largest absolute Gasteiger partial charge is 0.352 e. The van der Waals surface area contributed by atoms with Gasteiger partial charge in [0.1, 0.15) is 0 Å². The van der Waals surface area contributed by atoms with E-state index in [2.05, 4.69) is 15.5 Å². The first-order valence-electron chi connectivity index (χ1n) is 6.42. The Labute approximate surface area is 106 Å². The zero-order valence-corrected chi connectivity index (χ0v) is 10.8. The van der Waals surface area contributed by atoms with E-state index in [4.69, 9.17) is 10.3 Å². The van der Waals surface area contributed by atoms with Gasteiger partial charge in [0.2, 0.25) is 11.8 Å². The molecule has 18 heavy (non-hydrogen) atoms. The van der Waals surface area contributed by atoms with Crippen LogP contribution in [0.5, 0.6) is 0 Å². The van der Waals surface area contributed by atoms with E-state index >= 15 is 0 Å². The second-order valence-electron chi connectivity index (χ2n) is 5.03. The van der Waals surface area contributed by atoms with Gasteiger partial charge in [-0.05, 0) is 39.5 Å². The Hall–Kier alpha value is -1.43. The molecule has 2 rings (SSSR count). The quantitative estimate of drug-likeness (QED) is 0.832. The molecule has 0 spiro atoms. The summed E-state index contributed by atoms with van der Waals surface area (Å²) in [6.45, 7) is 3.52. The Morgan fingerprint density at radius 1 is 1.44 bits per heavy atom. The van der Waals surface area contributed by atoms with Crippen LogP contribution in [0.2, 0.25) is 0 Å². The van der Waals surface area contributed by atoms with E-state index in [1.165, 1.54) is 0 Å². The molecule has 1 aromatic heterocycles. The fourth-order valence-electron chi connectivity index (χ4n) is 2.30. The standard InChI is InChI=1S/C12H20N4O2/c1-7(13)11(17)15-10-5-3-9(4-6-10)12-14-8(2)16-18-12/h7,9-10H,3-6,13H2,1-2H3,(H,15,17). The summed E-state index contributed by atoms with van der Waals surface area (Å²) in [7, 11) is 0. The summed E-state index contributed by atoms with van der Waals surface area (Å²) in [6, 6.07) is -0.218. The van der Waals surface area contributed by atoms with Gasteiger partial charge in [0.05, 0.1) is 6.04 Å². The van der Waals surface area contributed by atoms with Crippen molar-refractivity contribution in [2.45, 2.75) is 57.5 Å². The van der Waals surface area contributed by atoms with E-state index in [1.807, 2.05) is 6.92 Å². The first-order valence-corrected chi connectivity index (χ1v) is 6.42. The van der Waals surface area contributed by atoms with Crippen LogP contribution in [0, 0.1) is 6.92 Å². The number of nitrogens with two attached hydrogens (primary N) is 1. The van der Waals surface area contributed by atoms with E-state index < -0.39 is 6.04 Å². The molecule has 6 nitrogen and oxygen atoms in total. The van der Waals surface area contributed by atoms with Crippen LogP contribution in [0.3, 0.4) is 0 Å². The van der Waals surface area contributed by atoms with Crippen molar-refractivity contribution in [3.05, 3.63) is 11.7 Å². The Kier molecular flexibility index (Phi) is 3.96. The van der Waals surface area contributed by atoms with E-state index in [-0.39, 0.29) is 11.9 Å². The van der Waals surface area contributed by atoms with Crippen LogP contribution in [-0.2, 0) is 4.79 Å². The number of rotatable bonds is 3. The molecule has 3 N–H and O–H groups in total. The van der Waals surface area contributed by atoms with Gasteiger partial charge in [-0.25, -0.2) is 0 Å². The Balaban J connectivity index is 1.83. The number of hydrogen-bond donors (Lipinski definition) is 2. The van der Waals surface area contributed by atoms with Crippen LogP contribution in [0.25, 0.3) is 0 Å². The minimum atomic E-state index is -0.443. The monoisotopic (exact) mass is 252 g/mol. The number of nitrogens with zero attached hydrogens (tertiary/aromatic N) is 2. The van der Waals surface area contributed by atoms with Crippen molar-refractivity contribution in [2.24, 2.45) is 5.73 Å². The molecular formula is C12H20N4O2. The number of carbonyl (C=O) groups excluding carboxylic acids is 1. The van der Waals surface area contributed by atoms with E-state index in [1.54, 1.807) is 6.92 Å². The smallest absolute Gasteiger partial charge is 0.236 e. The molecule has 0 bridgehead atoms. The number of aryl methyl sites for hydroxylation is 1.